The van der Waals surface area contributed by atoms with E-state index in [0.29, 0.717) is 5.56 Å². The van der Waals surface area contributed by atoms with Crippen LogP contribution in [0.2, 0.25) is 0 Å². The van der Waals surface area contributed by atoms with Gasteiger partial charge in [-0.15, -0.1) is 0 Å². The van der Waals surface area contributed by atoms with E-state index in [-0.39, 0.29) is 17.0 Å². The smallest absolute Gasteiger partial charge is 0.387 e. The Hall–Kier alpha value is -2.64. The average Bonchev–Trinajstić information content (AvgIpc) is 2.58. The number of ether oxygens (including phenoxy) is 3. The van der Waals surface area contributed by atoms with Gasteiger partial charge in [0.15, 0.2) is 18.1 Å². The number of carbonyl (C=O) groups excluding carboxylic acids is 2. The van der Waals surface area contributed by atoms with E-state index in [2.05, 4.69) is 10.1 Å². The Morgan fingerprint density at radius 3 is 2.54 bits per heavy atom. The summed E-state index contributed by atoms with van der Waals surface area (Å²) >= 11 is 0. The maximum atomic E-state index is 12.3. The monoisotopic (exact) mass is 371 g/mol. The lowest BCUT2D eigenvalue weighted by Crippen LogP contribution is -2.44. The molecule has 6 nitrogen and oxygen atoms in total. The molecular formula is C18H23F2NO5. The number of nitrogens with one attached hydrogen (secondary N) is 1. The minimum Gasteiger partial charge on any atom is -0.493 e. The molecule has 0 aliphatic rings. The molecule has 26 heavy (non-hydrogen) atoms. The minimum atomic E-state index is -2.97. The fraction of sp³-hybridized carbons (Fsp3) is 0.444. The van der Waals surface area contributed by atoms with Crippen LogP contribution >= 0.6 is 0 Å². The highest BCUT2D eigenvalue weighted by atomic mass is 19.3. The van der Waals surface area contributed by atoms with E-state index in [0.717, 1.165) is 12.5 Å². The normalized spacial score (nSPS) is 11.5. The SMILES string of the molecule is CCC(C)(C)NC(=O)COC(=O)/C=C/c1ccc(OC(F)F)c(OC)c1. The number of hydrogen-bond donors (Lipinski definition) is 1. The molecule has 0 aliphatic heterocycles. The van der Waals surface area contributed by atoms with Crippen molar-refractivity contribution in [1.82, 2.24) is 5.32 Å². The van der Waals surface area contributed by atoms with Crippen molar-refractivity contribution >= 4 is 18.0 Å². The Kier molecular flexibility index (Phi) is 8.02. The van der Waals surface area contributed by atoms with Crippen LogP contribution in [-0.4, -0.2) is 37.7 Å². The molecule has 144 valence electrons. The van der Waals surface area contributed by atoms with Crippen LogP contribution in [0.25, 0.3) is 6.08 Å². The van der Waals surface area contributed by atoms with Gasteiger partial charge in [-0.1, -0.05) is 13.0 Å². The van der Waals surface area contributed by atoms with E-state index in [1.54, 1.807) is 0 Å². The molecule has 0 saturated heterocycles. The third-order valence-electron chi connectivity index (χ3n) is 3.52. The standard InChI is InChI=1S/C18H23F2NO5/c1-5-18(2,3)21-15(22)11-25-16(23)9-7-12-6-8-13(26-17(19)20)14(10-12)24-4/h6-10,17H,5,11H2,1-4H3,(H,21,22)/b9-7+. The molecule has 1 N–H and O–H groups in total. The number of methoxy groups -OCH3 is 1. The molecule has 0 aromatic heterocycles. The van der Waals surface area contributed by atoms with Crippen LogP contribution in [0.1, 0.15) is 32.8 Å². The number of esters is 1. The number of alkyl halides is 2. The second kappa shape index (κ2) is 9.74. The summed E-state index contributed by atoms with van der Waals surface area (Å²) in [6, 6.07) is 4.20. The van der Waals surface area contributed by atoms with Gasteiger partial charge in [0, 0.05) is 11.6 Å². The van der Waals surface area contributed by atoms with Gasteiger partial charge in [0.1, 0.15) is 0 Å². The van der Waals surface area contributed by atoms with Crippen LogP contribution in [-0.2, 0) is 14.3 Å². The quantitative estimate of drug-likeness (QED) is 0.533. The molecule has 0 aliphatic carbocycles. The van der Waals surface area contributed by atoms with E-state index in [1.807, 2.05) is 20.8 Å². The van der Waals surface area contributed by atoms with Crippen molar-refractivity contribution in [1.29, 1.82) is 0 Å². The van der Waals surface area contributed by atoms with Crippen LogP contribution in [0.4, 0.5) is 8.78 Å². The first-order valence-electron chi connectivity index (χ1n) is 7.95. The number of rotatable bonds is 9. The molecule has 1 aromatic rings. The Morgan fingerprint density at radius 1 is 1.27 bits per heavy atom. The summed E-state index contributed by atoms with van der Waals surface area (Å²) in [6.45, 7) is 2.30. The van der Waals surface area contributed by atoms with Gasteiger partial charge in [-0.25, -0.2) is 4.79 Å². The Bertz CT molecular complexity index is 659. The molecule has 0 atom stereocenters. The molecule has 1 amide bonds. The van der Waals surface area contributed by atoms with Gasteiger partial charge in [0.2, 0.25) is 0 Å². The van der Waals surface area contributed by atoms with Crippen molar-refractivity contribution in [2.75, 3.05) is 13.7 Å². The van der Waals surface area contributed by atoms with Crippen LogP contribution in [0, 0.1) is 0 Å². The zero-order chi connectivity index (χ0) is 19.7. The number of carbonyl (C=O) groups is 2. The molecule has 1 aromatic carbocycles. The lowest BCUT2D eigenvalue weighted by atomic mass is 10.0. The van der Waals surface area contributed by atoms with Crippen molar-refractivity contribution in [3.05, 3.63) is 29.8 Å². The predicted octanol–water partition coefficient (Wildman–Crippen LogP) is 3.16. The first-order valence-corrected chi connectivity index (χ1v) is 7.95. The summed E-state index contributed by atoms with van der Waals surface area (Å²) in [5.41, 5.74) is 0.134. The highest BCUT2D eigenvalue weighted by Gasteiger charge is 2.18. The van der Waals surface area contributed by atoms with Gasteiger partial charge in [0.05, 0.1) is 7.11 Å². The zero-order valence-electron chi connectivity index (χ0n) is 15.2. The molecule has 0 spiro atoms. The zero-order valence-corrected chi connectivity index (χ0v) is 15.2. The first kappa shape index (κ1) is 21.4. The number of benzene rings is 1. The highest BCUT2D eigenvalue weighted by molar-refractivity contribution is 5.89. The highest BCUT2D eigenvalue weighted by Crippen LogP contribution is 2.29. The van der Waals surface area contributed by atoms with Crippen LogP contribution in [0.3, 0.4) is 0 Å². The van der Waals surface area contributed by atoms with Crippen molar-refractivity contribution in [3.63, 3.8) is 0 Å². The maximum absolute atomic E-state index is 12.3. The van der Waals surface area contributed by atoms with Crippen LogP contribution in [0.5, 0.6) is 11.5 Å². The van der Waals surface area contributed by atoms with Gasteiger partial charge in [-0.05, 0) is 44.0 Å². The van der Waals surface area contributed by atoms with Crippen molar-refractivity contribution < 1.29 is 32.6 Å². The van der Waals surface area contributed by atoms with Crippen molar-refractivity contribution in [2.24, 2.45) is 0 Å². The van der Waals surface area contributed by atoms with E-state index in [9.17, 15) is 18.4 Å². The maximum Gasteiger partial charge on any atom is 0.387 e. The lowest BCUT2D eigenvalue weighted by Gasteiger charge is -2.24. The van der Waals surface area contributed by atoms with Crippen molar-refractivity contribution in [2.45, 2.75) is 39.3 Å². The Balaban J connectivity index is 2.61. The molecule has 0 bridgehead atoms. The third-order valence-corrected chi connectivity index (χ3v) is 3.52. The molecular weight excluding hydrogens is 348 g/mol. The summed E-state index contributed by atoms with van der Waals surface area (Å²) in [5, 5.41) is 2.74. The second-order valence-corrected chi connectivity index (χ2v) is 6.02. The summed E-state index contributed by atoms with van der Waals surface area (Å²) in [5.74, 6) is -1.12. The summed E-state index contributed by atoms with van der Waals surface area (Å²) < 4.78 is 38.7. The van der Waals surface area contributed by atoms with Crippen LogP contribution in [0.15, 0.2) is 24.3 Å². The molecule has 0 saturated carbocycles. The molecule has 0 heterocycles. The number of hydrogen-bond acceptors (Lipinski definition) is 5. The summed E-state index contributed by atoms with van der Waals surface area (Å²) in [4.78, 5) is 23.4. The first-order chi connectivity index (χ1) is 12.2. The van der Waals surface area contributed by atoms with Gasteiger partial charge in [-0.3, -0.25) is 4.79 Å². The number of amides is 1. The van der Waals surface area contributed by atoms with Crippen molar-refractivity contribution in [3.8, 4) is 11.5 Å². The summed E-state index contributed by atoms with van der Waals surface area (Å²) in [6.07, 6.45) is 3.27. The van der Waals surface area contributed by atoms with Gasteiger partial charge in [-0.2, -0.15) is 8.78 Å². The lowest BCUT2D eigenvalue weighted by molar-refractivity contribution is -0.144. The molecule has 0 unspecified atom stereocenters. The van der Waals surface area contributed by atoms with Gasteiger partial charge >= 0.3 is 12.6 Å². The van der Waals surface area contributed by atoms with Gasteiger partial charge < -0.3 is 19.5 Å². The second-order valence-electron chi connectivity index (χ2n) is 6.02. The van der Waals surface area contributed by atoms with Crippen LogP contribution < -0.4 is 14.8 Å². The third kappa shape index (κ3) is 7.50. The predicted molar refractivity (Wildman–Crippen MR) is 92.1 cm³/mol. The fourth-order valence-corrected chi connectivity index (χ4v) is 1.83. The summed E-state index contributed by atoms with van der Waals surface area (Å²) in [7, 11) is 1.31. The van der Waals surface area contributed by atoms with Gasteiger partial charge in [0.25, 0.3) is 5.91 Å². The molecule has 1 rings (SSSR count). The molecule has 8 heteroatoms. The van der Waals surface area contributed by atoms with E-state index >= 15 is 0 Å². The van der Waals surface area contributed by atoms with E-state index in [1.165, 1.54) is 31.4 Å². The van der Waals surface area contributed by atoms with E-state index in [4.69, 9.17) is 9.47 Å². The Morgan fingerprint density at radius 2 is 1.96 bits per heavy atom. The molecule has 0 radical (unpaired) electrons. The largest absolute Gasteiger partial charge is 0.493 e. The minimum absolute atomic E-state index is 0.0991. The van der Waals surface area contributed by atoms with E-state index < -0.39 is 25.1 Å². The molecule has 0 fully saturated rings. The Labute approximate surface area is 151 Å². The topological polar surface area (TPSA) is 73.9 Å². The average molecular weight is 371 g/mol. The number of halogens is 2. The fourth-order valence-electron chi connectivity index (χ4n) is 1.83.